The molecule has 0 aliphatic rings. The van der Waals surface area contributed by atoms with E-state index in [9.17, 15) is 9.59 Å². The first-order valence-corrected chi connectivity index (χ1v) is 7.54. The van der Waals surface area contributed by atoms with Gasteiger partial charge in [0.15, 0.2) is 11.5 Å². The summed E-state index contributed by atoms with van der Waals surface area (Å²) >= 11 is 0. The van der Waals surface area contributed by atoms with Crippen LogP contribution in [0.15, 0.2) is 36.4 Å². The number of aromatic nitrogens is 2. The number of anilines is 3. The predicted molar refractivity (Wildman–Crippen MR) is 93.3 cm³/mol. The lowest BCUT2D eigenvalue weighted by Gasteiger charge is -2.19. The molecular weight excluding hydrogens is 306 g/mol. The average molecular weight is 327 g/mol. The zero-order valence-corrected chi connectivity index (χ0v) is 14.2. The van der Waals surface area contributed by atoms with E-state index in [-0.39, 0.29) is 23.0 Å². The smallest absolute Gasteiger partial charge is 0.272 e. The van der Waals surface area contributed by atoms with Gasteiger partial charge in [0.25, 0.3) is 5.91 Å². The van der Waals surface area contributed by atoms with Gasteiger partial charge < -0.3 is 16.0 Å². The first-order valence-electron chi connectivity index (χ1n) is 7.54. The summed E-state index contributed by atoms with van der Waals surface area (Å²) in [6.45, 7) is 7.15. The Hall–Kier alpha value is -2.96. The van der Waals surface area contributed by atoms with Crippen LogP contribution in [0.2, 0.25) is 0 Å². The molecule has 0 aliphatic heterocycles. The van der Waals surface area contributed by atoms with Gasteiger partial charge in [-0.2, -0.15) is 0 Å². The third kappa shape index (κ3) is 5.35. The van der Waals surface area contributed by atoms with Crippen molar-refractivity contribution in [2.45, 2.75) is 33.2 Å². The maximum atomic E-state index is 12.0. The average Bonchev–Trinajstić information content (AvgIpc) is 2.46. The molecule has 0 aliphatic carbocycles. The highest BCUT2D eigenvalue weighted by Gasteiger charge is 2.16. The second-order valence-corrected chi connectivity index (χ2v) is 6.39. The summed E-state index contributed by atoms with van der Waals surface area (Å²) in [6, 6.07) is 10.5. The van der Waals surface area contributed by atoms with E-state index in [1.165, 1.54) is 6.92 Å². The molecule has 1 heterocycles. The predicted octanol–water partition coefficient (Wildman–Crippen LogP) is 2.71. The Kier molecular flexibility index (Phi) is 5.13. The lowest BCUT2D eigenvalue weighted by Crippen LogP contribution is -2.41. The summed E-state index contributed by atoms with van der Waals surface area (Å²) in [5, 5.41) is 16.6. The summed E-state index contributed by atoms with van der Waals surface area (Å²) < 4.78 is 0. The van der Waals surface area contributed by atoms with Crippen LogP contribution in [-0.4, -0.2) is 27.6 Å². The number of hydrogen-bond donors (Lipinski definition) is 3. The van der Waals surface area contributed by atoms with Gasteiger partial charge in [-0.3, -0.25) is 9.59 Å². The van der Waals surface area contributed by atoms with Gasteiger partial charge >= 0.3 is 0 Å². The van der Waals surface area contributed by atoms with Crippen LogP contribution in [0.1, 0.15) is 38.2 Å². The fourth-order valence-corrected chi connectivity index (χ4v) is 1.95. The third-order valence-electron chi connectivity index (χ3n) is 2.84. The van der Waals surface area contributed by atoms with Gasteiger partial charge in [0, 0.05) is 23.8 Å². The molecule has 1 aromatic heterocycles. The van der Waals surface area contributed by atoms with Crippen molar-refractivity contribution in [1.82, 2.24) is 15.5 Å². The van der Waals surface area contributed by atoms with Crippen molar-refractivity contribution in [2.24, 2.45) is 0 Å². The van der Waals surface area contributed by atoms with Gasteiger partial charge in [-0.15, -0.1) is 10.2 Å². The van der Waals surface area contributed by atoms with Crippen molar-refractivity contribution in [3.63, 3.8) is 0 Å². The van der Waals surface area contributed by atoms with Crippen molar-refractivity contribution in [3.05, 3.63) is 42.1 Å². The van der Waals surface area contributed by atoms with Crippen molar-refractivity contribution in [1.29, 1.82) is 0 Å². The van der Waals surface area contributed by atoms with Gasteiger partial charge in [0.05, 0.1) is 0 Å². The van der Waals surface area contributed by atoms with E-state index in [1.54, 1.807) is 24.3 Å². The van der Waals surface area contributed by atoms with Crippen LogP contribution in [0.4, 0.5) is 17.2 Å². The van der Waals surface area contributed by atoms with Crippen LogP contribution >= 0.6 is 0 Å². The second-order valence-electron chi connectivity index (χ2n) is 6.39. The highest BCUT2D eigenvalue weighted by molar-refractivity contribution is 5.92. The Bertz CT molecular complexity index is 735. The number of carbonyl (C=O) groups excluding carboxylic acids is 2. The first-order chi connectivity index (χ1) is 11.2. The first kappa shape index (κ1) is 17.4. The fourth-order valence-electron chi connectivity index (χ4n) is 1.95. The number of nitrogens with one attached hydrogen (secondary N) is 3. The molecule has 3 N–H and O–H groups in total. The summed E-state index contributed by atoms with van der Waals surface area (Å²) in [6.07, 6.45) is 0. The molecule has 0 bridgehead atoms. The summed E-state index contributed by atoms with van der Waals surface area (Å²) in [4.78, 5) is 23.1. The highest BCUT2D eigenvalue weighted by atomic mass is 16.2. The minimum Gasteiger partial charge on any atom is -0.346 e. The Morgan fingerprint density at radius 2 is 1.71 bits per heavy atom. The maximum Gasteiger partial charge on any atom is 0.272 e. The van der Waals surface area contributed by atoms with Crippen LogP contribution in [0.5, 0.6) is 0 Å². The maximum absolute atomic E-state index is 12.0. The van der Waals surface area contributed by atoms with E-state index in [4.69, 9.17) is 0 Å². The number of nitrogens with zero attached hydrogens (tertiary/aromatic N) is 2. The molecule has 2 amide bonds. The van der Waals surface area contributed by atoms with Crippen LogP contribution in [-0.2, 0) is 4.79 Å². The number of hydrogen-bond acceptors (Lipinski definition) is 5. The molecule has 0 radical (unpaired) electrons. The lowest BCUT2D eigenvalue weighted by molar-refractivity contribution is -0.114. The van der Waals surface area contributed by atoms with Crippen LogP contribution in [0, 0.1) is 0 Å². The molecule has 0 saturated heterocycles. The molecular formula is C17H21N5O2. The van der Waals surface area contributed by atoms with Crippen molar-refractivity contribution < 1.29 is 9.59 Å². The monoisotopic (exact) mass is 327 g/mol. The molecule has 0 fully saturated rings. The minimum absolute atomic E-state index is 0.138. The van der Waals surface area contributed by atoms with Crippen LogP contribution in [0.3, 0.4) is 0 Å². The van der Waals surface area contributed by atoms with Gasteiger partial charge in [0.1, 0.15) is 0 Å². The normalized spacial score (nSPS) is 10.8. The van der Waals surface area contributed by atoms with Crippen molar-refractivity contribution in [2.75, 3.05) is 10.6 Å². The van der Waals surface area contributed by atoms with Crippen LogP contribution < -0.4 is 16.0 Å². The SMILES string of the molecule is CC(=O)Nc1cccc(Nc2ccc(C(=O)NC(C)(C)C)nn2)c1. The van der Waals surface area contributed by atoms with E-state index in [0.29, 0.717) is 11.5 Å². The molecule has 0 atom stereocenters. The lowest BCUT2D eigenvalue weighted by atomic mass is 10.1. The van der Waals surface area contributed by atoms with Gasteiger partial charge in [-0.25, -0.2) is 0 Å². The number of rotatable bonds is 4. The Balaban J connectivity index is 2.06. The fraction of sp³-hybridized carbons (Fsp3) is 0.294. The Morgan fingerprint density at radius 3 is 2.29 bits per heavy atom. The molecule has 0 unspecified atom stereocenters. The molecule has 2 rings (SSSR count). The zero-order chi connectivity index (χ0) is 17.7. The third-order valence-corrected chi connectivity index (χ3v) is 2.84. The summed E-state index contributed by atoms with van der Waals surface area (Å²) in [5.74, 6) is 0.0950. The minimum atomic E-state index is -0.333. The van der Waals surface area contributed by atoms with E-state index in [1.807, 2.05) is 32.9 Å². The largest absolute Gasteiger partial charge is 0.346 e. The van der Waals surface area contributed by atoms with E-state index < -0.39 is 0 Å². The Morgan fingerprint density at radius 1 is 1.00 bits per heavy atom. The molecule has 0 saturated carbocycles. The summed E-state index contributed by atoms with van der Waals surface area (Å²) in [7, 11) is 0. The van der Waals surface area contributed by atoms with Crippen LogP contribution in [0.25, 0.3) is 0 Å². The topological polar surface area (TPSA) is 96.0 Å². The van der Waals surface area contributed by atoms with Gasteiger partial charge in [0.2, 0.25) is 5.91 Å². The van der Waals surface area contributed by atoms with E-state index in [2.05, 4.69) is 26.1 Å². The highest BCUT2D eigenvalue weighted by Crippen LogP contribution is 2.18. The van der Waals surface area contributed by atoms with Crippen molar-refractivity contribution in [3.8, 4) is 0 Å². The van der Waals surface area contributed by atoms with E-state index in [0.717, 1.165) is 5.69 Å². The molecule has 0 spiro atoms. The molecule has 2 aromatic rings. The molecule has 1 aromatic carbocycles. The second kappa shape index (κ2) is 7.08. The Labute approximate surface area is 140 Å². The quantitative estimate of drug-likeness (QED) is 0.802. The molecule has 7 nitrogen and oxygen atoms in total. The zero-order valence-electron chi connectivity index (χ0n) is 14.2. The molecule has 24 heavy (non-hydrogen) atoms. The standard InChI is InChI=1S/C17H21N5O2/c1-11(23)18-12-6-5-7-13(10-12)19-15-9-8-14(21-22-15)16(24)20-17(2,3)4/h5-10H,1-4H3,(H,18,23)(H,19,22)(H,20,24). The van der Waals surface area contributed by atoms with Gasteiger partial charge in [-0.05, 0) is 51.1 Å². The van der Waals surface area contributed by atoms with Crippen molar-refractivity contribution >= 4 is 29.0 Å². The number of carbonyl (C=O) groups is 2. The van der Waals surface area contributed by atoms with E-state index >= 15 is 0 Å². The van der Waals surface area contributed by atoms with Gasteiger partial charge in [-0.1, -0.05) is 6.07 Å². The summed E-state index contributed by atoms with van der Waals surface area (Å²) in [5.41, 5.74) is 1.35. The number of benzene rings is 1. The molecule has 7 heteroatoms. The number of amides is 2. The molecule has 126 valence electrons.